The lowest BCUT2D eigenvalue weighted by atomic mass is 9.62. The van der Waals surface area contributed by atoms with Crippen molar-refractivity contribution in [2.24, 2.45) is 11.8 Å². The van der Waals surface area contributed by atoms with Crippen molar-refractivity contribution in [3.63, 3.8) is 0 Å². The first-order valence-corrected chi connectivity index (χ1v) is 3.85. The van der Waals surface area contributed by atoms with Crippen LogP contribution in [-0.2, 0) is 4.79 Å². The summed E-state index contributed by atoms with van der Waals surface area (Å²) in [6.45, 7) is 0. The van der Waals surface area contributed by atoms with Gasteiger partial charge in [0.2, 0.25) is 0 Å². The number of alkyl halides is 4. The smallest absolute Gasteiger partial charge is 0.295 e. The van der Waals surface area contributed by atoms with E-state index in [1.807, 2.05) is 0 Å². The van der Waals surface area contributed by atoms with Gasteiger partial charge in [-0.05, 0) is 6.42 Å². The molecule has 0 radical (unpaired) electrons. The third-order valence-electron chi connectivity index (χ3n) is 2.73. The van der Waals surface area contributed by atoms with E-state index in [0.717, 1.165) is 6.08 Å². The lowest BCUT2D eigenvalue weighted by Crippen LogP contribution is -2.66. The SMILES string of the molecule is O=C1C2CC=CC2C1(F)C(F)(F)F. The Labute approximate surface area is 71.4 Å². The molecule has 13 heavy (non-hydrogen) atoms. The fraction of sp³-hybridized carbons (Fsp3) is 0.625. The van der Waals surface area contributed by atoms with Gasteiger partial charge in [-0.15, -0.1) is 0 Å². The van der Waals surface area contributed by atoms with E-state index in [1.54, 1.807) is 0 Å². The van der Waals surface area contributed by atoms with Gasteiger partial charge in [-0.25, -0.2) is 4.39 Å². The highest BCUT2D eigenvalue weighted by Gasteiger charge is 2.76. The van der Waals surface area contributed by atoms with Gasteiger partial charge >= 0.3 is 6.18 Å². The van der Waals surface area contributed by atoms with Crippen molar-refractivity contribution in [1.29, 1.82) is 0 Å². The maximum absolute atomic E-state index is 13.2. The molecule has 1 fully saturated rings. The Morgan fingerprint density at radius 3 is 2.62 bits per heavy atom. The highest BCUT2D eigenvalue weighted by molar-refractivity contribution is 5.98. The fourth-order valence-corrected chi connectivity index (χ4v) is 2.00. The van der Waals surface area contributed by atoms with Crippen molar-refractivity contribution in [3.05, 3.63) is 12.2 Å². The van der Waals surface area contributed by atoms with Crippen LogP contribution in [0, 0.1) is 11.8 Å². The van der Waals surface area contributed by atoms with Crippen LogP contribution in [0.2, 0.25) is 0 Å². The van der Waals surface area contributed by atoms with Gasteiger partial charge in [0.15, 0.2) is 5.78 Å². The number of fused-ring (bicyclic) bond motifs is 1. The summed E-state index contributed by atoms with van der Waals surface area (Å²) in [5.74, 6) is -3.36. The normalized spacial score (nSPS) is 43.2. The molecule has 1 saturated carbocycles. The van der Waals surface area contributed by atoms with E-state index in [0.29, 0.717) is 0 Å². The van der Waals surface area contributed by atoms with Crippen molar-refractivity contribution >= 4 is 5.78 Å². The first kappa shape index (κ1) is 8.72. The van der Waals surface area contributed by atoms with Crippen molar-refractivity contribution in [1.82, 2.24) is 0 Å². The predicted octanol–water partition coefficient (Wildman–Crippen LogP) is 2.03. The summed E-state index contributed by atoms with van der Waals surface area (Å²) in [7, 11) is 0. The zero-order valence-electron chi connectivity index (χ0n) is 6.44. The summed E-state index contributed by atoms with van der Waals surface area (Å²) in [6.07, 6.45) is -2.24. The molecule has 0 bridgehead atoms. The van der Waals surface area contributed by atoms with Gasteiger partial charge in [-0.2, -0.15) is 13.2 Å². The van der Waals surface area contributed by atoms with Gasteiger partial charge < -0.3 is 0 Å². The molecule has 0 aromatic carbocycles. The van der Waals surface area contributed by atoms with Crippen LogP contribution in [0.1, 0.15) is 6.42 Å². The Hall–Kier alpha value is -0.870. The molecule has 3 unspecified atom stereocenters. The maximum Gasteiger partial charge on any atom is 0.430 e. The molecule has 0 aliphatic heterocycles. The zero-order valence-corrected chi connectivity index (χ0v) is 6.44. The molecule has 0 saturated heterocycles. The Morgan fingerprint density at radius 2 is 2.08 bits per heavy atom. The molecule has 0 N–H and O–H groups in total. The average Bonchev–Trinajstić information content (AvgIpc) is 2.45. The first-order valence-electron chi connectivity index (χ1n) is 3.85. The number of Topliss-reactive ketones (excluding diaryl/α,β-unsaturated/α-hetero) is 1. The molecule has 0 aromatic rings. The van der Waals surface area contributed by atoms with E-state index in [-0.39, 0.29) is 6.42 Å². The van der Waals surface area contributed by atoms with Crippen LogP contribution >= 0.6 is 0 Å². The molecule has 2 aliphatic carbocycles. The molecule has 5 heteroatoms. The van der Waals surface area contributed by atoms with Crippen LogP contribution in [-0.4, -0.2) is 17.6 Å². The van der Waals surface area contributed by atoms with Crippen molar-refractivity contribution in [2.75, 3.05) is 0 Å². The molecule has 0 spiro atoms. The Kier molecular flexibility index (Phi) is 1.43. The van der Waals surface area contributed by atoms with Crippen molar-refractivity contribution in [2.45, 2.75) is 18.3 Å². The second kappa shape index (κ2) is 2.13. The largest absolute Gasteiger partial charge is 0.430 e. The number of carbonyl (C=O) groups excluding carboxylic acids is 1. The van der Waals surface area contributed by atoms with Gasteiger partial charge in [-0.1, -0.05) is 12.2 Å². The topological polar surface area (TPSA) is 17.1 Å². The summed E-state index contributed by atoms with van der Waals surface area (Å²) in [5.41, 5.74) is -3.61. The van der Waals surface area contributed by atoms with E-state index in [1.165, 1.54) is 6.08 Å². The Bertz CT molecular complexity index is 293. The highest BCUT2D eigenvalue weighted by Crippen LogP contribution is 2.56. The second-order valence-corrected chi connectivity index (χ2v) is 3.37. The number of hydrogen-bond donors (Lipinski definition) is 0. The Morgan fingerprint density at radius 1 is 1.46 bits per heavy atom. The molecule has 1 nitrogen and oxygen atoms in total. The van der Waals surface area contributed by atoms with E-state index < -0.39 is 29.5 Å². The minimum atomic E-state index is -5.07. The molecular formula is C8H6F4O. The Balaban J connectivity index is 2.35. The van der Waals surface area contributed by atoms with Gasteiger partial charge in [0.25, 0.3) is 5.67 Å². The molecular weight excluding hydrogens is 188 g/mol. The van der Waals surface area contributed by atoms with E-state index in [9.17, 15) is 22.4 Å². The summed E-state index contributed by atoms with van der Waals surface area (Å²) >= 11 is 0. The third-order valence-corrected chi connectivity index (χ3v) is 2.73. The standard InChI is InChI=1S/C8H6F4O/c9-7(8(10,11)12)5-3-1-2-4(5)6(7)13/h1,3-5H,2H2. The number of allylic oxidation sites excluding steroid dienone is 2. The number of ketones is 1. The highest BCUT2D eigenvalue weighted by atomic mass is 19.4. The fourth-order valence-electron chi connectivity index (χ4n) is 2.00. The molecule has 0 heterocycles. The van der Waals surface area contributed by atoms with Gasteiger partial charge in [0, 0.05) is 11.8 Å². The van der Waals surface area contributed by atoms with Crippen LogP contribution in [0.25, 0.3) is 0 Å². The summed E-state index contributed by atoms with van der Waals surface area (Å²) in [4.78, 5) is 10.9. The summed E-state index contributed by atoms with van der Waals surface area (Å²) < 4.78 is 49.7. The van der Waals surface area contributed by atoms with Gasteiger partial charge in [0.1, 0.15) is 0 Å². The van der Waals surface area contributed by atoms with Crippen LogP contribution in [0.3, 0.4) is 0 Å². The first-order chi connectivity index (χ1) is 5.89. The van der Waals surface area contributed by atoms with Crippen LogP contribution < -0.4 is 0 Å². The van der Waals surface area contributed by atoms with E-state index in [4.69, 9.17) is 0 Å². The predicted molar refractivity (Wildman–Crippen MR) is 35.6 cm³/mol. The van der Waals surface area contributed by atoms with E-state index >= 15 is 0 Å². The molecule has 0 aromatic heterocycles. The van der Waals surface area contributed by atoms with Crippen LogP contribution in [0.4, 0.5) is 17.6 Å². The number of rotatable bonds is 0. The van der Waals surface area contributed by atoms with Crippen LogP contribution in [0.5, 0.6) is 0 Å². The minimum Gasteiger partial charge on any atom is -0.295 e. The maximum atomic E-state index is 13.2. The molecule has 72 valence electrons. The second-order valence-electron chi connectivity index (χ2n) is 3.37. The number of carbonyl (C=O) groups is 1. The average molecular weight is 194 g/mol. The third kappa shape index (κ3) is 0.796. The van der Waals surface area contributed by atoms with Gasteiger partial charge in [0.05, 0.1) is 0 Å². The zero-order chi connectivity index (χ0) is 9.85. The van der Waals surface area contributed by atoms with Crippen molar-refractivity contribution < 1.29 is 22.4 Å². The minimum absolute atomic E-state index is 0.241. The molecule has 2 rings (SSSR count). The number of hydrogen-bond acceptors (Lipinski definition) is 1. The molecule has 0 amide bonds. The van der Waals surface area contributed by atoms with Gasteiger partial charge in [-0.3, -0.25) is 4.79 Å². The van der Waals surface area contributed by atoms with Crippen LogP contribution in [0.15, 0.2) is 12.2 Å². The summed E-state index contributed by atoms with van der Waals surface area (Å²) in [6, 6.07) is 0. The molecule has 3 atom stereocenters. The summed E-state index contributed by atoms with van der Waals surface area (Å²) in [5, 5.41) is 0. The molecule has 2 aliphatic rings. The lowest BCUT2D eigenvalue weighted by molar-refractivity contribution is -0.261. The monoisotopic (exact) mass is 194 g/mol. The van der Waals surface area contributed by atoms with E-state index in [2.05, 4.69) is 0 Å². The quantitative estimate of drug-likeness (QED) is 0.426. The lowest BCUT2D eigenvalue weighted by Gasteiger charge is -2.44. The van der Waals surface area contributed by atoms with Crippen molar-refractivity contribution in [3.8, 4) is 0 Å². The number of halogens is 4.